The lowest BCUT2D eigenvalue weighted by molar-refractivity contribution is 0.102. The van der Waals surface area contributed by atoms with Gasteiger partial charge in [0.15, 0.2) is 5.65 Å². The molecule has 0 saturated heterocycles. The predicted molar refractivity (Wildman–Crippen MR) is 101 cm³/mol. The summed E-state index contributed by atoms with van der Waals surface area (Å²) in [5.41, 5.74) is 4.57. The second kappa shape index (κ2) is 7.05. The van der Waals surface area contributed by atoms with Crippen molar-refractivity contribution in [3.05, 3.63) is 53.3 Å². The van der Waals surface area contributed by atoms with E-state index in [1.54, 1.807) is 12.4 Å². The van der Waals surface area contributed by atoms with E-state index in [-0.39, 0.29) is 11.9 Å². The number of amides is 1. The summed E-state index contributed by atoms with van der Waals surface area (Å²) < 4.78 is 1.86. The summed E-state index contributed by atoms with van der Waals surface area (Å²) in [5, 5.41) is 8.32. The van der Waals surface area contributed by atoms with Crippen LogP contribution < -0.4 is 5.32 Å². The molecule has 130 valence electrons. The molecule has 3 rings (SSSR count). The number of carbonyl (C=O) groups is 1. The van der Waals surface area contributed by atoms with Crippen molar-refractivity contribution in [3.63, 3.8) is 0 Å². The van der Waals surface area contributed by atoms with Crippen LogP contribution in [0.4, 0.5) is 5.69 Å². The molecule has 0 fully saturated rings. The number of aromatic nitrogens is 3. The first-order valence-corrected chi connectivity index (χ1v) is 8.80. The molecule has 0 spiro atoms. The van der Waals surface area contributed by atoms with Crippen LogP contribution in [0.25, 0.3) is 11.0 Å². The minimum absolute atomic E-state index is 0.137. The Morgan fingerprint density at radius 2 is 1.84 bits per heavy atom. The summed E-state index contributed by atoms with van der Waals surface area (Å²) in [7, 11) is 0. The highest BCUT2D eigenvalue weighted by molar-refractivity contribution is 6.06. The van der Waals surface area contributed by atoms with Gasteiger partial charge in [-0.25, -0.2) is 9.67 Å². The van der Waals surface area contributed by atoms with Crippen molar-refractivity contribution in [1.29, 1.82) is 0 Å². The van der Waals surface area contributed by atoms with Crippen LogP contribution in [-0.4, -0.2) is 20.7 Å². The van der Waals surface area contributed by atoms with Crippen molar-refractivity contribution in [3.8, 4) is 0 Å². The van der Waals surface area contributed by atoms with Gasteiger partial charge in [0.1, 0.15) is 0 Å². The molecular formula is C20H24N4O. The zero-order chi connectivity index (χ0) is 18.0. The van der Waals surface area contributed by atoms with Crippen molar-refractivity contribution in [1.82, 2.24) is 14.8 Å². The van der Waals surface area contributed by atoms with Gasteiger partial charge in [0.05, 0.1) is 11.8 Å². The molecule has 3 aromatic rings. The molecule has 0 unspecified atom stereocenters. The molecule has 2 heterocycles. The number of para-hydroxylation sites is 1. The van der Waals surface area contributed by atoms with Crippen molar-refractivity contribution >= 4 is 22.6 Å². The highest BCUT2D eigenvalue weighted by Crippen LogP contribution is 2.24. The fourth-order valence-corrected chi connectivity index (χ4v) is 3.03. The van der Waals surface area contributed by atoms with Crippen molar-refractivity contribution < 1.29 is 4.79 Å². The second-order valence-electron chi connectivity index (χ2n) is 6.43. The van der Waals surface area contributed by atoms with Gasteiger partial charge in [0.25, 0.3) is 5.91 Å². The molecule has 1 aromatic carbocycles. The van der Waals surface area contributed by atoms with Crippen molar-refractivity contribution in [2.24, 2.45) is 0 Å². The molecule has 0 saturated carbocycles. The van der Waals surface area contributed by atoms with Crippen LogP contribution in [0.5, 0.6) is 0 Å². The summed E-state index contributed by atoms with van der Waals surface area (Å²) in [6.45, 7) is 8.31. The van der Waals surface area contributed by atoms with Crippen LogP contribution in [0, 0.1) is 0 Å². The Balaban J connectivity index is 1.93. The van der Waals surface area contributed by atoms with Crippen LogP contribution in [0.1, 0.15) is 55.2 Å². The minimum atomic E-state index is -0.137. The zero-order valence-electron chi connectivity index (χ0n) is 15.2. The molecule has 1 amide bonds. The number of benzene rings is 1. The largest absolute Gasteiger partial charge is 0.321 e. The van der Waals surface area contributed by atoms with E-state index in [0.29, 0.717) is 5.56 Å². The number of anilines is 1. The summed E-state index contributed by atoms with van der Waals surface area (Å²) in [6, 6.07) is 8.24. The van der Waals surface area contributed by atoms with Gasteiger partial charge in [0.2, 0.25) is 0 Å². The lowest BCUT2D eigenvalue weighted by atomic mass is 10.0. The van der Waals surface area contributed by atoms with Crippen LogP contribution in [0.2, 0.25) is 0 Å². The Morgan fingerprint density at radius 3 is 2.44 bits per heavy atom. The van der Waals surface area contributed by atoms with E-state index in [1.807, 2.05) is 16.8 Å². The Kier molecular flexibility index (Phi) is 4.83. The van der Waals surface area contributed by atoms with E-state index in [4.69, 9.17) is 0 Å². The van der Waals surface area contributed by atoms with E-state index >= 15 is 0 Å². The Morgan fingerprint density at radius 1 is 1.16 bits per heavy atom. The fourth-order valence-electron chi connectivity index (χ4n) is 3.03. The normalized spacial score (nSPS) is 11.2. The summed E-state index contributed by atoms with van der Waals surface area (Å²) in [6.07, 6.45) is 5.14. The number of nitrogens with zero attached hydrogens (tertiary/aromatic N) is 3. The highest BCUT2D eigenvalue weighted by atomic mass is 16.1. The number of hydrogen-bond donors (Lipinski definition) is 1. The Hall–Kier alpha value is -2.69. The molecule has 5 heteroatoms. The van der Waals surface area contributed by atoms with E-state index in [0.717, 1.165) is 40.7 Å². The van der Waals surface area contributed by atoms with Gasteiger partial charge in [-0.1, -0.05) is 32.0 Å². The summed E-state index contributed by atoms with van der Waals surface area (Å²) >= 11 is 0. The molecule has 5 nitrogen and oxygen atoms in total. The number of pyridine rings is 1. The maximum Gasteiger partial charge on any atom is 0.257 e. The average Bonchev–Trinajstić information content (AvgIpc) is 3.05. The summed E-state index contributed by atoms with van der Waals surface area (Å²) in [4.78, 5) is 17.2. The molecule has 0 radical (unpaired) electrons. The standard InChI is InChI=1S/C20H24N4O/c1-5-14-8-7-9-15(6-2)18(14)23-20(25)17-10-16-12-22-24(13(3)4)19(16)21-11-17/h7-13H,5-6H2,1-4H3,(H,23,25). The third-order valence-electron chi connectivity index (χ3n) is 4.42. The smallest absolute Gasteiger partial charge is 0.257 e. The van der Waals surface area contributed by atoms with Crippen LogP contribution in [0.15, 0.2) is 36.7 Å². The molecule has 1 N–H and O–H groups in total. The number of hydrogen-bond acceptors (Lipinski definition) is 3. The van der Waals surface area contributed by atoms with E-state index in [9.17, 15) is 4.79 Å². The number of rotatable bonds is 5. The van der Waals surface area contributed by atoms with E-state index < -0.39 is 0 Å². The molecule has 0 aliphatic carbocycles. The average molecular weight is 336 g/mol. The number of carbonyl (C=O) groups excluding carboxylic acids is 1. The van der Waals surface area contributed by atoms with Crippen molar-refractivity contribution in [2.75, 3.05) is 5.32 Å². The van der Waals surface area contributed by atoms with Gasteiger partial charge in [-0.15, -0.1) is 0 Å². The molecule has 2 aromatic heterocycles. The molecule has 25 heavy (non-hydrogen) atoms. The highest BCUT2D eigenvalue weighted by Gasteiger charge is 2.14. The Bertz CT molecular complexity index is 889. The first kappa shape index (κ1) is 17.1. The van der Waals surface area contributed by atoms with Gasteiger partial charge in [-0.05, 0) is 43.9 Å². The van der Waals surface area contributed by atoms with Crippen LogP contribution in [-0.2, 0) is 12.8 Å². The third kappa shape index (κ3) is 3.27. The third-order valence-corrected chi connectivity index (χ3v) is 4.42. The molecular weight excluding hydrogens is 312 g/mol. The maximum absolute atomic E-state index is 12.8. The van der Waals surface area contributed by atoms with Gasteiger partial charge in [-0.2, -0.15) is 5.10 Å². The minimum Gasteiger partial charge on any atom is -0.321 e. The second-order valence-corrected chi connectivity index (χ2v) is 6.43. The quantitative estimate of drug-likeness (QED) is 0.752. The first-order valence-electron chi connectivity index (χ1n) is 8.80. The summed E-state index contributed by atoms with van der Waals surface area (Å²) in [5.74, 6) is -0.137. The van der Waals surface area contributed by atoms with Gasteiger partial charge >= 0.3 is 0 Å². The molecule has 0 atom stereocenters. The molecule has 0 aliphatic rings. The monoisotopic (exact) mass is 336 g/mol. The maximum atomic E-state index is 12.8. The number of fused-ring (bicyclic) bond motifs is 1. The molecule has 0 aliphatic heterocycles. The Labute approximate surface area is 148 Å². The van der Waals surface area contributed by atoms with Crippen LogP contribution in [0.3, 0.4) is 0 Å². The number of nitrogens with one attached hydrogen (secondary N) is 1. The van der Waals surface area contributed by atoms with Crippen LogP contribution >= 0.6 is 0 Å². The molecule has 0 bridgehead atoms. The zero-order valence-corrected chi connectivity index (χ0v) is 15.2. The lowest BCUT2D eigenvalue weighted by Gasteiger charge is -2.14. The SMILES string of the molecule is CCc1cccc(CC)c1NC(=O)c1cnc2c(cnn2C(C)C)c1. The predicted octanol–water partition coefficient (Wildman–Crippen LogP) is 4.39. The van der Waals surface area contributed by atoms with Crippen molar-refractivity contribution in [2.45, 2.75) is 46.6 Å². The number of aryl methyl sites for hydroxylation is 2. The lowest BCUT2D eigenvalue weighted by Crippen LogP contribution is -2.15. The topological polar surface area (TPSA) is 59.8 Å². The fraction of sp³-hybridized carbons (Fsp3) is 0.350. The van der Waals surface area contributed by atoms with Gasteiger partial charge in [0, 0.05) is 23.3 Å². The van der Waals surface area contributed by atoms with E-state index in [2.05, 4.69) is 55.2 Å². The first-order chi connectivity index (χ1) is 12.0. The van der Waals surface area contributed by atoms with E-state index in [1.165, 1.54) is 0 Å². The van der Waals surface area contributed by atoms with Gasteiger partial charge in [-0.3, -0.25) is 4.79 Å². The van der Waals surface area contributed by atoms with Gasteiger partial charge < -0.3 is 5.32 Å².